The molecule has 8 nitrogen and oxygen atoms in total. The van der Waals surface area contributed by atoms with E-state index in [1.54, 1.807) is 0 Å². The van der Waals surface area contributed by atoms with E-state index in [0.29, 0.717) is 36.7 Å². The summed E-state index contributed by atoms with van der Waals surface area (Å²) in [6.07, 6.45) is 1.52. The van der Waals surface area contributed by atoms with Crippen molar-refractivity contribution in [2.24, 2.45) is 11.8 Å². The summed E-state index contributed by atoms with van der Waals surface area (Å²) >= 11 is 1.99. The summed E-state index contributed by atoms with van der Waals surface area (Å²) in [5, 5.41) is 2.76. The van der Waals surface area contributed by atoms with Crippen molar-refractivity contribution in [3.63, 3.8) is 0 Å². The lowest BCUT2D eigenvalue weighted by Crippen LogP contribution is -2.62. The van der Waals surface area contributed by atoms with Crippen LogP contribution in [0.4, 0.5) is 4.79 Å². The van der Waals surface area contributed by atoms with E-state index in [-0.39, 0.29) is 24.4 Å². The number of benzene rings is 1. The number of amides is 1. The SMILES string of the molecule is CCC(CCCC1OOC(=O)[C@@]1(NC(=O)OCc1ccccc1)C(C)CC)C(=O)OCI. The molecular weight excluding hydrogens is 529 g/mol. The Hall–Kier alpha value is -1.88. The second kappa shape index (κ2) is 13.0. The van der Waals surface area contributed by atoms with Crippen LogP contribution in [0.2, 0.25) is 0 Å². The van der Waals surface area contributed by atoms with Crippen molar-refractivity contribution in [3.8, 4) is 0 Å². The van der Waals surface area contributed by atoms with Gasteiger partial charge in [-0.2, -0.15) is 4.89 Å². The molecule has 1 amide bonds. The number of carbonyl (C=O) groups excluding carboxylic acids is 3. The third-order valence-electron chi connectivity index (χ3n) is 6.04. The molecule has 1 heterocycles. The average molecular weight is 561 g/mol. The molecule has 0 aromatic heterocycles. The van der Waals surface area contributed by atoms with Gasteiger partial charge in [-0.15, -0.1) is 0 Å². The largest absolute Gasteiger partial charge is 0.455 e. The highest BCUT2D eigenvalue weighted by molar-refractivity contribution is 14.1. The van der Waals surface area contributed by atoms with E-state index in [9.17, 15) is 14.4 Å². The zero-order chi connectivity index (χ0) is 23.6. The second-order valence-electron chi connectivity index (χ2n) is 7.93. The van der Waals surface area contributed by atoms with Crippen LogP contribution >= 0.6 is 22.6 Å². The lowest BCUT2D eigenvalue weighted by molar-refractivity contribution is -0.263. The van der Waals surface area contributed by atoms with Gasteiger partial charge in [0.2, 0.25) is 0 Å². The summed E-state index contributed by atoms with van der Waals surface area (Å²) in [6, 6.07) is 9.29. The van der Waals surface area contributed by atoms with E-state index in [0.717, 1.165) is 5.56 Å². The van der Waals surface area contributed by atoms with Gasteiger partial charge < -0.3 is 14.8 Å². The molecule has 1 aromatic carbocycles. The number of halogens is 1. The number of hydrogen-bond donors (Lipinski definition) is 1. The first kappa shape index (κ1) is 26.4. The number of esters is 1. The molecule has 4 atom stereocenters. The number of hydrogen-bond acceptors (Lipinski definition) is 7. The maximum atomic E-state index is 12.8. The van der Waals surface area contributed by atoms with E-state index in [4.69, 9.17) is 19.2 Å². The van der Waals surface area contributed by atoms with Crippen LogP contribution in [-0.4, -0.2) is 34.3 Å². The third kappa shape index (κ3) is 6.57. The number of alkyl carbamates (subject to hydrolysis) is 1. The summed E-state index contributed by atoms with van der Waals surface area (Å²) < 4.78 is 10.8. The molecule has 0 radical (unpaired) electrons. The molecule has 1 N–H and O–H groups in total. The highest BCUT2D eigenvalue weighted by atomic mass is 127. The Kier molecular flexibility index (Phi) is 10.7. The molecular formula is C23H32INO7. The Morgan fingerprint density at radius 1 is 1.19 bits per heavy atom. The molecule has 1 aliphatic rings. The molecule has 1 aliphatic heterocycles. The van der Waals surface area contributed by atoms with E-state index >= 15 is 0 Å². The summed E-state index contributed by atoms with van der Waals surface area (Å²) in [5.74, 6) is -1.33. The normalized spacial score (nSPS) is 22.0. The zero-order valence-corrected chi connectivity index (χ0v) is 21.0. The Bertz CT molecular complexity index is 760. The van der Waals surface area contributed by atoms with E-state index in [2.05, 4.69) is 5.32 Å². The molecule has 2 rings (SSSR count). The molecule has 1 saturated heterocycles. The molecule has 1 aromatic rings. The smallest absolute Gasteiger partial charge is 0.408 e. The van der Waals surface area contributed by atoms with E-state index < -0.39 is 23.7 Å². The molecule has 0 aliphatic carbocycles. The van der Waals surface area contributed by atoms with Gasteiger partial charge in [0.15, 0.2) is 5.54 Å². The van der Waals surface area contributed by atoms with Crippen molar-refractivity contribution in [2.75, 3.05) is 4.61 Å². The van der Waals surface area contributed by atoms with Gasteiger partial charge in [0.05, 0.1) is 5.92 Å². The van der Waals surface area contributed by atoms with Gasteiger partial charge in [-0.25, -0.2) is 9.59 Å². The van der Waals surface area contributed by atoms with Gasteiger partial charge in [0.1, 0.15) is 17.3 Å². The van der Waals surface area contributed by atoms with Crippen LogP contribution in [0.25, 0.3) is 0 Å². The first-order valence-corrected chi connectivity index (χ1v) is 12.5. The molecule has 0 bridgehead atoms. The van der Waals surface area contributed by atoms with Crippen molar-refractivity contribution in [1.82, 2.24) is 5.32 Å². The van der Waals surface area contributed by atoms with Crippen molar-refractivity contribution in [3.05, 3.63) is 35.9 Å². The fourth-order valence-corrected chi connectivity index (χ4v) is 4.19. The second-order valence-corrected chi connectivity index (χ2v) is 8.55. The number of rotatable bonds is 12. The van der Waals surface area contributed by atoms with Crippen LogP contribution in [-0.2, 0) is 35.4 Å². The Labute approximate surface area is 202 Å². The highest BCUT2D eigenvalue weighted by Gasteiger charge is 2.58. The number of alkyl halides is 1. The maximum Gasteiger partial charge on any atom is 0.408 e. The van der Waals surface area contributed by atoms with Crippen molar-refractivity contribution in [1.29, 1.82) is 0 Å². The van der Waals surface area contributed by atoms with Crippen LogP contribution in [0.1, 0.15) is 58.4 Å². The number of carbonyl (C=O) groups is 3. The average Bonchev–Trinajstić information content (AvgIpc) is 3.11. The van der Waals surface area contributed by atoms with E-state index in [1.165, 1.54) is 0 Å². The van der Waals surface area contributed by atoms with Gasteiger partial charge in [-0.1, -0.05) is 57.5 Å². The van der Waals surface area contributed by atoms with E-state index in [1.807, 2.05) is 73.7 Å². The van der Waals surface area contributed by atoms with Crippen molar-refractivity contribution in [2.45, 2.75) is 71.1 Å². The monoisotopic (exact) mass is 561 g/mol. The first-order valence-electron chi connectivity index (χ1n) is 11.0. The minimum absolute atomic E-state index is 0.0843. The highest BCUT2D eigenvalue weighted by Crippen LogP contribution is 2.36. The zero-order valence-electron chi connectivity index (χ0n) is 18.8. The molecule has 1 fully saturated rings. The minimum atomic E-state index is -1.35. The summed E-state index contributed by atoms with van der Waals surface area (Å²) in [4.78, 5) is 47.7. The van der Waals surface area contributed by atoms with Gasteiger partial charge in [-0.05, 0) is 59.8 Å². The molecule has 3 unspecified atom stereocenters. The standard InChI is InChI=1S/C23H32INO7/c1-4-16(3)23(25-22(28)29-14-17-10-7-6-8-11-17)19(31-32-21(23)27)13-9-12-18(5-2)20(26)30-15-24/h6-8,10-11,16,18-19H,4-5,9,12-15H2,1-3H3,(H,25,28)/t16?,18?,19?,23-/m1/s1. The fourth-order valence-electron chi connectivity index (χ4n) is 3.89. The Morgan fingerprint density at radius 3 is 2.53 bits per heavy atom. The summed E-state index contributed by atoms with van der Waals surface area (Å²) in [6.45, 7) is 5.82. The van der Waals surface area contributed by atoms with Crippen LogP contribution in [0.3, 0.4) is 0 Å². The van der Waals surface area contributed by atoms with Crippen molar-refractivity contribution >= 4 is 40.6 Å². The third-order valence-corrected chi connectivity index (χ3v) is 6.35. The minimum Gasteiger partial charge on any atom is -0.455 e. The summed E-state index contributed by atoms with van der Waals surface area (Å²) in [5.41, 5.74) is -0.515. The number of nitrogens with one attached hydrogen (secondary N) is 1. The first-order chi connectivity index (χ1) is 15.4. The molecule has 32 heavy (non-hydrogen) atoms. The molecule has 9 heteroatoms. The fraction of sp³-hybridized carbons (Fsp3) is 0.609. The quantitative estimate of drug-likeness (QED) is 0.171. The Balaban J connectivity index is 2.05. The topological polar surface area (TPSA) is 100 Å². The molecule has 178 valence electrons. The Morgan fingerprint density at radius 2 is 1.91 bits per heavy atom. The summed E-state index contributed by atoms with van der Waals surface area (Å²) in [7, 11) is 0. The maximum absolute atomic E-state index is 12.8. The van der Waals surface area contributed by atoms with Gasteiger partial charge >= 0.3 is 18.0 Å². The van der Waals surface area contributed by atoms with Crippen LogP contribution < -0.4 is 5.32 Å². The van der Waals surface area contributed by atoms with Gasteiger partial charge in [0.25, 0.3) is 0 Å². The predicted molar refractivity (Wildman–Crippen MR) is 126 cm³/mol. The van der Waals surface area contributed by atoms with Crippen LogP contribution in [0, 0.1) is 11.8 Å². The molecule has 0 spiro atoms. The van der Waals surface area contributed by atoms with Crippen LogP contribution in [0.15, 0.2) is 30.3 Å². The number of ether oxygens (including phenoxy) is 2. The van der Waals surface area contributed by atoms with Crippen molar-refractivity contribution < 1.29 is 33.6 Å². The lowest BCUT2D eigenvalue weighted by atomic mass is 9.77. The van der Waals surface area contributed by atoms with Gasteiger partial charge in [0, 0.05) is 0 Å². The predicted octanol–water partition coefficient (Wildman–Crippen LogP) is 4.69. The molecule has 0 saturated carbocycles. The van der Waals surface area contributed by atoms with Crippen LogP contribution in [0.5, 0.6) is 0 Å². The van der Waals surface area contributed by atoms with Gasteiger partial charge in [-0.3, -0.25) is 9.68 Å². The lowest BCUT2D eigenvalue weighted by Gasteiger charge is -2.34.